The molecular formula is C26H32N2O2S2. The van der Waals surface area contributed by atoms with E-state index in [0.717, 1.165) is 9.79 Å². The minimum atomic E-state index is -1.04. The van der Waals surface area contributed by atoms with Gasteiger partial charge in [-0.3, -0.25) is 19.4 Å². The van der Waals surface area contributed by atoms with Gasteiger partial charge in [0.05, 0.1) is 0 Å². The van der Waals surface area contributed by atoms with Crippen molar-refractivity contribution >= 4 is 35.1 Å². The number of hydrogen-bond donors (Lipinski definition) is 0. The van der Waals surface area contributed by atoms with E-state index in [9.17, 15) is 9.59 Å². The van der Waals surface area contributed by atoms with Crippen molar-refractivity contribution in [1.29, 1.82) is 0 Å². The number of thioether (sulfide) groups is 2. The number of ketones is 2. The van der Waals surface area contributed by atoms with Crippen LogP contribution in [-0.2, 0) is 0 Å². The van der Waals surface area contributed by atoms with E-state index in [1.54, 1.807) is 23.5 Å². The van der Waals surface area contributed by atoms with E-state index in [1.807, 2.05) is 111 Å². The highest BCUT2D eigenvalue weighted by molar-refractivity contribution is 7.98. The van der Waals surface area contributed by atoms with Crippen LogP contribution in [0.3, 0.4) is 0 Å². The van der Waals surface area contributed by atoms with Gasteiger partial charge in [0.25, 0.3) is 0 Å². The lowest BCUT2D eigenvalue weighted by Gasteiger charge is -2.56. The van der Waals surface area contributed by atoms with Crippen molar-refractivity contribution < 1.29 is 9.59 Å². The van der Waals surface area contributed by atoms with Crippen LogP contribution < -0.4 is 0 Å². The fourth-order valence-corrected chi connectivity index (χ4v) is 5.70. The van der Waals surface area contributed by atoms with Gasteiger partial charge in [-0.1, -0.05) is 36.4 Å². The first-order valence-corrected chi connectivity index (χ1v) is 13.1. The molecule has 2 aromatic carbocycles. The van der Waals surface area contributed by atoms with Gasteiger partial charge in [0.1, 0.15) is 11.1 Å². The molecule has 0 spiro atoms. The summed E-state index contributed by atoms with van der Waals surface area (Å²) in [6.45, 7) is 0. The van der Waals surface area contributed by atoms with Gasteiger partial charge in [0.15, 0.2) is 11.6 Å². The lowest BCUT2D eigenvalue weighted by atomic mass is 9.61. The van der Waals surface area contributed by atoms with Crippen LogP contribution in [0.1, 0.15) is 33.6 Å². The smallest absolute Gasteiger partial charge is 0.185 e. The standard InChI is InChI=1S/C26H32N2O2S2/c1-27(2)25(23(29)19-9-13-21(31-5)14-10-19)17-7-8-18-26(25,28(3)4)24(30)20-11-15-22(32-6)16-12-20/h7-16H,17-18H2,1-6H3. The van der Waals surface area contributed by atoms with Gasteiger partial charge in [-0.2, -0.15) is 0 Å². The van der Waals surface area contributed by atoms with Gasteiger partial charge in [-0.25, -0.2) is 0 Å². The molecule has 0 saturated carbocycles. The SMILES string of the molecule is CSc1ccc(C(=O)C2(N(C)C)CC=CCC2(C(=O)c2ccc(SC)cc2)N(C)C)cc1. The average Bonchev–Trinajstić information content (AvgIpc) is 2.82. The zero-order valence-corrected chi connectivity index (χ0v) is 21.3. The van der Waals surface area contributed by atoms with Gasteiger partial charge in [0.2, 0.25) is 0 Å². The van der Waals surface area contributed by atoms with Crippen LogP contribution in [-0.4, -0.2) is 73.1 Å². The first-order chi connectivity index (χ1) is 15.2. The number of likely N-dealkylation sites (N-methyl/N-ethyl adjacent to an activating group) is 2. The molecule has 2 unspecified atom stereocenters. The normalized spacial score (nSPS) is 23.0. The van der Waals surface area contributed by atoms with Gasteiger partial charge in [0, 0.05) is 20.9 Å². The molecule has 0 radical (unpaired) electrons. The van der Waals surface area contributed by atoms with E-state index in [1.165, 1.54) is 0 Å². The van der Waals surface area contributed by atoms with Gasteiger partial charge in [-0.05, 0) is 77.8 Å². The lowest BCUT2D eigenvalue weighted by molar-refractivity contribution is -0.0107. The number of carbonyl (C=O) groups is 2. The summed E-state index contributed by atoms with van der Waals surface area (Å²) in [4.78, 5) is 34.6. The van der Waals surface area contributed by atoms with E-state index in [2.05, 4.69) is 0 Å². The summed E-state index contributed by atoms with van der Waals surface area (Å²) < 4.78 is 0. The van der Waals surface area contributed by atoms with Crippen molar-refractivity contribution in [2.45, 2.75) is 33.7 Å². The molecule has 6 heteroatoms. The first-order valence-electron chi connectivity index (χ1n) is 10.6. The molecule has 2 aromatic rings. The van der Waals surface area contributed by atoms with Crippen LogP contribution >= 0.6 is 23.5 Å². The fourth-order valence-electron chi connectivity index (χ4n) is 4.88. The summed E-state index contributed by atoms with van der Waals surface area (Å²) in [7, 11) is 7.65. The van der Waals surface area contributed by atoms with E-state index < -0.39 is 11.1 Å². The molecular weight excluding hydrogens is 436 g/mol. The third-order valence-corrected chi connectivity index (χ3v) is 8.15. The van der Waals surface area contributed by atoms with E-state index in [-0.39, 0.29) is 11.6 Å². The molecule has 170 valence electrons. The second kappa shape index (κ2) is 9.96. The summed E-state index contributed by atoms with van der Waals surface area (Å²) >= 11 is 3.29. The summed E-state index contributed by atoms with van der Waals surface area (Å²) in [5.41, 5.74) is -0.824. The van der Waals surface area contributed by atoms with E-state index in [0.29, 0.717) is 24.0 Å². The maximum Gasteiger partial charge on any atom is 0.185 e. The van der Waals surface area contributed by atoms with E-state index in [4.69, 9.17) is 0 Å². The molecule has 1 aliphatic carbocycles. The minimum absolute atomic E-state index is 0.0257. The number of rotatable bonds is 8. The van der Waals surface area contributed by atoms with Crippen LogP contribution in [0.4, 0.5) is 0 Å². The average molecular weight is 469 g/mol. The predicted molar refractivity (Wildman–Crippen MR) is 136 cm³/mol. The maximum absolute atomic E-state index is 14.3. The maximum atomic E-state index is 14.3. The van der Waals surface area contributed by atoms with Crippen molar-refractivity contribution in [3.8, 4) is 0 Å². The topological polar surface area (TPSA) is 40.6 Å². The van der Waals surface area contributed by atoms with Crippen LogP contribution in [0.15, 0.2) is 70.5 Å². The third-order valence-electron chi connectivity index (χ3n) is 6.66. The Morgan fingerprint density at radius 3 is 1.22 bits per heavy atom. The molecule has 0 fully saturated rings. The first kappa shape index (κ1) is 24.8. The lowest BCUT2D eigenvalue weighted by Crippen LogP contribution is -2.75. The van der Waals surface area contributed by atoms with Crippen molar-refractivity contribution in [2.24, 2.45) is 0 Å². The Hall–Kier alpha value is -1.86. The number of Topliss-reactive ketones (excluding diaryl/α,β-unsaturated/α-hetero) is 2. The summed E-state index contributed by atoms with van der Waals surface area (Å²) in [5.74, 6) is -0.0513. The zero-order valence-electron chi connectivity index (χ0n) is 19.7. The van der Waals surface area contributed by atoms with Gasteiger partial charge >= 0.3 is 0 Å². The Morgan fingerprint density at radius 2 is 0.969 bits per heavy atom. The highest BCUT2D eigenvalue weighted by Gasteiger charge is 2.63. The van der Waals surface area contributed by atoms with E-state index >= 15 is 0 Å². The zero-order chi connectivity index (χ0) is 23.5. The molecule has 3 rings (SSSR count). The molecule has 0 aromatic heterocycles. The third kappa shape index (κ3) is 3.98. The Kier molecular flexibility index (Phi) is 7.71. The number of benzene rings is 2. The van der Waals surface area contributed by atoms with Gasteiger partial charge < -0.3 is 0 Å². The molecule has 1 aliphatic rings. The van der Waals surface area contributed by atoms with Crippen LogP contribution in [0, 0.1) is 0 Å². The molecule has 0 saturated heterocycles. The summed E-state index contributed by atoms with van der Waals surface area (Å²) in [6.07, 6.45) is 9.05. The number of hydrogen-bond acceptors (Lipinski definition) is 6. The van der Waals surface area contributed by atoms with Crippen molar-refractivity contribution in [3.63, 3.8) is 0 Å². The molecule has 0 heterocycles. The van der Waals surface area contributed by atoms with Crippen molar-refractivity contribution in [1.82, 2.24) is 9.80 Å². The Balaban J connectivity index is 2.21. The quantitative estimate of drug-likeness (QED) is 0.303. The second-order valence-electron chi connectivity index (χ2n) is 8.50. The second-order valence-corrected chi connectivity index (χ2v) is 10.3. The Labute approximate surface area is 200 Å². The molecule has 0 bridgehead atoms. The Morgan fingerprint density at radius 1 is 0.656 bits per heavy atom. The van der Waals surface area contributed by atoms with Crippen LogP contribution in [0.25, 0.3) is 0 Å². The molecule has 0 N–H and O–H groups in total. The summed E-state index contributed by atoms with van der Waals surface area (Å²) in [6, 6.07) is 15.4. The Bertz CT molecular complexity index is 918. The fraction of sp³-hybridized carbons (Fsp3) is 0.385. The van der Waals surface area contributed by atoms with Crippen molar-refractivity contribution in [3.05, 3.63) is 71.8 Å². The summed E-state index contributed by atoms with van der Waals surface area (Å²) in [5, 5.41) is 0. The minimum Gasteiger partial charge on any atom is -0.295 e. The molecule has 4 nitrogen and oxygen atoms in total. The number of nitrogens with zero attached hydrogens (tertiary/aromatic N) is 2. The van der Waals surface area contributed by atoms with Crippen molar-refractivity contribution in [2.75, 3.05) is 40.7 Å². The predicted octanol–water partition coefficient (Wildman–Crippen LogP) is 5.15. The largest absolute Gasteiger partial charge is 0.295 e. The molecule has 0 aliphatic heterocycles. The van der Waals surface area contributed by atoms with Crippen LogP contribution in [0.5, 0.6) is 0 Å². The van der Waals surface area contributed by atoms with Crippen LogP contribution in [0.2, 0.25) is 0 Å². The van der Waals surface area contributed by atoms with Gasteiger partial charge in [-0.15, -0.1) is 23.5 Å². The number of carbonyl (C=O) groups excluding carboxylic acids is 2. The molecule has 2 atom stereocenters. The molecule has 32 heavy (non-hydrogen) atoms. The monoisotopic (exact) mass is 468 g/mol. The molecule has 0 amide bonds. The highest BCUT2D eigenvalue weighted by Crippen LogP contribution is 2.45. The highest BCUT2D eigenvalue weighted by atomic mass is 32.2.